The van der Waals surface area contributed by atoms with E-state index in [0.717, 1.165) is 37.4 Å². The van der Waals surface area contributed by atoms with Crippen molar-refractivity contribution in [3.63, 3.8) is 0 Å². The molecule has 0 aromatic heterocycles. The number of benzene rings is 2. The van der Waals surface area contributed by atoms with E-state index in [-0.39, 0.29) is 11.8 Å². The Morgan fingerprint density at radius 3 is 2.23 bits per heavy atom. The van der Waals surface area contributed by atoms with Gasteiger partial charge in [0, 0.05) is 64.2 Å². The van der Waals surface area contributed by atoms with Gasteiger partial charge in [0.1, 0.15) is 0 Å². The number of hydrogen-bond donors (Lipinski definition) is 1. The highest BCUT2D eigenvalue weighted by atomic mass is 32.2. The maximum atomic E-state index is 12.2. The van der Waals surface area contributed by atoms with Crippen LogP contribution >= 0.6 is 0 Å². The van der Waals surface area contributed by atoms with E-state index in [1.165, 1.54) is 11.8 Å². The highest BCUT2D eigenvalue weighted by molar-refractivity contribution is 7.89. The molecule has 1 atom stereocenters. The Morgan fingerprint density at radius 2 is 1.67 bits per heavy atom. The second-order valence-electron chi connectivity index (χ2n) is 7.78. The Hall–Kier alpha value is -2.35. The Bertz CT molecular complexity index is 906. The maximum absolute atomic E-state index is 12.2. The van der Waals surface area contributed by atoms with Crippen molar-refractivity contribution < 1.29 is 8.42 Å². The first-order valence-electron chi connectivity index (χ1n) is 10.3. The van der Waals surface area contributed by atoms with Crippen molar-refractivity contribution in [3.05, 3.63) is 72.8 Å². The third-order valence-corrected chi connectivity index (χ3v) is 6.79. The Kier molecular flexibility index (Phi) is 7.53. The Morgan fingerprint density at radius 1 is 1.03 bits per heavy atom. The van der Waals surface area contributed by atoms with E-state index < -0.39 is 10.0 Å². The summed E-state index contributed by atoms with van der Waals surface area (Å²) in [7, 11) is 0.663. The molecule has 162 valence electrons. The van der Waals surface area contributed by atoms with Crippen LogP contribution in [-0.2, 0) is 10.0 Å². The number of nitrogens with zero attached hydrogens (tertiary/aromatic N) is 3. The van der Waals surface area contributed by atoms with E-state index in [1.807, 2.05) is 20.2 Å². The van der Waals surface area contributed by atoms with Gasteiger partial charge < -0.3 is 9.80 Å². The van der Waals surface area contributed by atoms with Crippen molar-refractivity contribution in [3.8, 4) is 0 Å². The molecule has 0 amide bonds. The summed E-state index contributed by atoms with van der Waals surface area (Å²) in [5.41, 5.74) is 3.48. The van der Waals surface area contributed by atoms with Crippen LogP contribution in [0.25, 0.3) is 0 Å². The summed E-state index contributed by atoms with van der Waals surface area (Å²) in [4.78, 5) is 6.81. The zero-order valence-electron chi connectivity index (χ0n) is 17.9. The molecule has 0 aliphatic carbocycles. The second kappa shape index (κ2) is 10.1. The van der Waals surface area contributed by atoms with Crippen molar-refractivity contribution in [1.82, 2.24) is 9.62 Å². The minimum absolute atomic E-state index is 0.0151. The largest absolute Gasteiger partial charge is 0.378 e. The lowest BCUT2D eigenvalue weighted by Gasteiger charge is -2.40. The highest BCUT2D eigenvalue weighted by Crippen LogP contribution is 2.26. The average Bonchev–Trinajstić information content (AvgIpc) is 2.75. The quantitative estimate of drug-likeness (QED) is 0.623. The summed E-state index contributed by atoms with van der Waals surface area (Å²) < 4.78 is 27.2. The molecule has 1 saturated heterocycles. The molecule has 2 aromatic rings. The molecule has 0 spiro atoms. The number of anilines is 2. The fourth-order valence-electron chi connectivity index (χ4n) is 3.80. The fourth-order valence-corrected chi connectivity index (χ4v) is 4.64. The van der Waals surface area contributed by atoms with Crippen molar-refractivity contribution in [1.29, 1.82) is 0 Å². The molecule has 7 heteroatoms. The molecular weight excluding hydrogens is 396 g/mol. The van der Waals surface area contributed by atoms with E-state index in [4.69, 9.17) is 0 Å². The van der Waals surface area contributed by atoms with Crippen LogP contribution in [0.5, 0.6) is 0 Å². The molecule has 1 heterocycles. The van der Waals surface area contributed by atoms with Crippen LogP contribution < -0.4 is 14.5 Å². The number of rotatable bonds is 9. The van der Waals surface area contributed by atoms with Crippen LogP contribution in [0, 0.1) is 0 Å². The van der Waals surface area contributed by atoms with E-state index >= 15 is 0 Å². The zero-order chi connectivity index (χ0) is 21.6. The van der Waals surface area contributed by atoms with Gasteiger partial charge in [0.2, 0.25) is 10.0 Å². The summed E-state index contributed by atoms with van der Waals surface area (Å²) in [5.74, 6) is -0.0684. The van der Waals surface area contributed by atoms with Crippen LogP contribution in [-0.4, -0.2) is 65.9 Å². The SMILES string of the molecule is C=CCS(=O)(=O)NC[C@@H](c1ccc(N(C)C)cc1)N1CCN(c2ccccc2)CC1. The van der Waals surface area contributed by atoms with Gasteiger partial charge in [-0.05, 0) is 29.8 Å². The molecule has 0 unspecified atom stereocenters. The number of nitrogens with one attached hydrogen (secondary N) is 1. The van der Waals surface area contributed by atoms with Crippen LogP contribution in [0.4, 0.5) is 11.4 Å². The van der Waals surface area contributed by atoms with Gasteiger partial charge in [-0.3, -0.25) is 4.90 Å². The molecule has 0 saturated carbocycles. The molecule has 1 fully saturated rings. The van der Waals surface area contributed by atoms with Gasteiger partial charge in [-0.2, -0.15) is 0 Å². The topological polar surface area (TPSA) is 55.9 Å². The van der Waals surface area contributed by atoms with Crippen LogP contribution in [0.1, 0.15) is 11.6 Å². The lowest BCUT2D eigenvalue weighted by molar-refractivity contribution is 0.187. The van der Waals surface area contributed by atoms with E-state index in [9.17, 15) is 8.42 Å². The summed E-state index contributed by atoms with van der Waals surface area (Å²) in [6.07, 6.45) is 1.42. The van der Waals surface area contributed by atoms with Crippen molar-refractivity contribution in [2.24, 2.45) is 0 Å². The summed E-state index contributed by atoms with van der Waals surface area (Å²) >= 11 is 0. The Balaban J connectivity index is 1.74. The minimum Gasteiger partial charge on any atom is -0.378 e. The van der Waals surface area contributed by atoms with Gasteiger partial charge in [-0.1, -0.05) is 36.4 Å². The normalized spacial score (nSPS) is 16.3. The van der Waals surface area contributed by atoms with Crippen LogP contribution in [0.2, 0.25) is 0 Å². The molecule has 2 aromatic carbocycles. The lowest BCUT2D eigenvalue weighted by atomic mass is 10.0. The molecule has 0 bridgehead atoms. The van der Waals surface area contributed by atoms with Gasteiger partial charge in [0.15, 0.2) is 0 Å². The van der Waals surface area contributed by atoms with E-state index in [0.29, 0.717) is 6.54 Å². The van der Waals surface area contributed by atoms with E-state index in [1.54, 1.807) is 0 Å². The summed E-state index contributed by atoms with van der Waals surface area (Å²) in [5, 5.41) is 0. The van der Waals surface area contributed by atoms with Crippen LogP contribution in [0.15, 0.2) is 67.3 Å². The number of para-hydroxylation sites is 1. The Labute approximate surface area is 180 Å². The molecule has 30 heavy (non-hydrogen) atoms. The van der Waals surface area contributed by atoms with Gasteiger partial charge in [0.25, 0.3) is 0 Å². The summed E-state index contributed by atoms with van der Waals surface area (Å²) in [6.45, 7) is 7.47. The van der Waals surface area contributed by atoms with Gasteiger partial charge in [0.05, 0.1) is 5.75 Å². The first-order chi connectivity index (χ1) is 14.4. The highest BCUT2D eigenvalue weighted by Gasteiger charge is 2.26. The smallest absolute Gasteiger partial charge is 0.215 e. The predicted molar refractivity (Wildman–Crippen MR) is 126 cm³/mol. The van der Waals surface area contributed by atoms with Gasteiger partial charge in [-0.15, -0.1) is 6.58 Å². The molecule has 6 nitrogen and oxygen atoms in total. The minimum atomic E-state index is -3.36. The molecular formula is C23H32N4O2S. The first kappa shape index (κ1) is 22.3. The predicted octanol–water partition coefficient (Wildman–Crippen LogP) is 2.72. The third-order valence-electron chi connectivity index (χ3n) is 5.50. The van der Waals surface area contributed by atoms with Gasteiger partial charge >= 0.3 is 0 Å². The fraction of sp³-hybridized carbons (Fsp3) is 0.391. The maximum Gasteiger partial charge on any atom is 0.215 e. The average molecular weight is 429 g/mol. The van der Waals surface area contributed by atoms with Crippen LogP contribution in [0.3, 0.4) is 0 Å². The molecule has 1 N–H and O–H groups in total. The first-order valence-corrected chi connectivity index (χ1v) is 11.9. The lowest BCUT2D eigenvalue weighted by Crippen LogP contribution is -2.50. The summed E-state index contributed by atoms with van der Waals surface area (Å²) in [6, 6.07) is 18.8. The van der Waals surface area contributed by atoms with Crippen molar-refractivity contribution >= 4 is 21.4 Å². The number of piperazine rings is 1. The zero-order valence-corrected chi connectivity index (χ0v) is 18.7. The molecule has 1 aliphatic rings. The number of sulfonamides is 1. The van der Waals surface area contributed by atoms with Gasteiger partial charge in [-0.25, -0.2) is 13.1 Å². The molecule has 3 rings (SSSR count). The van der Waals surface area contributed by atoms with Crippen molar-refractivity contribution in [2.75, 3.05) is 62.4 Å². The molecule has 0 radical (unpaired) electrons. The third kappa shape index (κ3) is 5.84. The standard InChI is InChI=1S/C23H32N4O2S/c1-4-18-30(28,29)24-19-23(20-10-12-21(13-11-20)25(2)3)27-16-14-26(15-17-27)22-8-6-5-7-9-22/h4-13,23-24H,1,14-19H2,2-3H3/t23-/m0/s1. The second-order valence-corrected chi connectivity index (χ2v) is 9.63. The number of hydrogen-bond acceptors (Lipinski definition) is 5. The van der Waals surface area contributed by atoms with E-state index in [2.05, 4.69) is 74.5 Å². The monoisotopic (exact) mass is 428 g/mol. The molecule has 1 aliphatic heterocycles. The van der Waals surface area contributed by atoms with Crippen molar-refractivity contribution in [2.45, 2.75) is 6.04 Å².